The topological polar surface area (TPSA) is 46.9 Å². The average molecular weight is 309 g/mol. The molecule has 1 heterocycles. The number of benzene rings is 2. The number of halogens is 1. The van der Waals surface area contributed by atoms with Gasteiger partial charge in [-0.3, -0.25) is 4.79 Å². The number of aromatic nitrogens is 2. The molecule has 1 N–H and O–H groups in total. The molecule has 4 nitrogen and oxygen atoms in total. The molecule has 0 aliphatic heterocycles. The molecule has 0 bridgehead atoms. The van der Waals surface area contributed by atoms with Gasteiger partial charge in [0.2, 0.25) is 0 Å². The van der Waals surface area contributed by atoms with Crippen LogP contribution in [0.25, 0.3) is 0 Å². The number of nitrogens with zero attached hydrogens (tertiary/aromatic N) is 2. The zero-order chi connectivity index (χ0) is 16.1. The first-order valence-electron chi connectivity index (χ1n) is 7.28. The van der Waals surface area contributed by atoms with Crippen molar-refractivity contribution in [2.75, 3.05) is 0 Å². The lowest BCUT2D eigenvalue weighted by molar-refractivity contribution is 0.0947. The van der Waals surface area contributed by atoms with Gasteiger partial charge >= 0.3 is 0 Å². The van der Waals surface area contributed by atoms with E-state index in [0.29, 0.717) is 6.54 Å². The summed E-state index contributed by atoms with van der Waals surface area (Å²) >= 11 is 0. The van der Waals surface area contributed by atoms with Crippen molar-refractivity contribution in [3.8, 4) is 0 Å². The zero-order valence-corrected chi connectivity index (χ0v) is 12.4. The van der Waals surface area contributed by atoms with Crippen LogP contribution < -0.4 is 5.32 Å². The maximum atomic E-state index is 13.5. The Morgan fingerprint density at radius 3 is 2.52 bits per heavy atom. The van der Waals surface area contributed by atoms with Crippen molar-refractivity contribution < 1.29 is 9.18 Å². The van der Waals surface area contributed by atoms with Gasteiger partial charge in [-0.1, -0.05) is 36.4 Å². The van der Waals surface area contributed by atoms with Crippen molar-refractivity contribution >= 4 is 5.91 Å². The smallest absolute Gasteiger partial charge is 0.254 e. The van der Waals surface area contributed by atoms with E-state index in [9.17, 15) is 9.18 Å². The first kappa shape index (κ1) is 15.0. The number of imidazole rings is 1. The lowest BCUT2D eigenvalue weighted by Crippen LogP contribution is -2.23. The summed E-state index contributed by atoms with van der Waals surface area (Å²) in [6.45, 7) is 1.11. The normalized spacial score (nSPS) is 10.5. The van der Waals surface area contributed by atoms with Gasteiger partial charge in [-0.05, 0) is 23.3 Å². The highest BCUT2D eigenvalue weighted by Gasteiger charge is 2.09. The van der Waals surface area contributed by atoms with Crippen molar-refractivity contribution in [3.63, 3.8) is 0 Å². The first-order valence-corrected chi connectivity index (χ1v) is 7.28. The Bertz CT molecular complexity index is 782. The molecule has 23 heavy (non-hydrogen) atoms. The lowest BCUT2D eigenvalue weighted by Gasteiger charge is -2.08. The Labute approximate surface area is 133 Å². The minimum Gasteiger partial charge on any atom is -0.348 e. The van der Waals surface area contributed by atoms with Crippen LogP contribution in [0.5, 0.6) is 0 Å². The van der Waals surface area contributed by atoms with Crippen LogP contribution in [-0.4, -0.2) is 15.5 Å². The number of amides is 1. The minimum atomic E-state index is -0.513. The predicted molar refractivity (Wildman–Crippen MR) is 85.3 cm³/mol. The SMILES string of the molecule is O=C(NCc1ccc(Cn2ccnc2)cc1)c1ccccc1F. The Morgan fingerprint density at radius 1 is 1.09 bits per heavy atom. The van der Waals surface area contributed by atoms with E-state index in [2.05, 4.69) is 10.3 Å². The summed E-state index contributed by atoms with van der Waals surface area (Å²) in [6, 6.07) is 13.9. The molecule has 3 aromatic rings. The molecule has 0 fully saturated rings. The number of hydrogen-bond donors (Lipinski definition) is 1. The fraction of sp³-hybridized carbons (Fsp3) is 0.111. The monoisotopic (exact) mass is 309 g/mol. The number of rotatable bonds is 5. The highest BCUT2D eigenvalue weighted by molar-refractivity contribution is 5.94. The Kier molecular flexibility index (Phi) is 4.47. The van der Waals surface area contributed by atoms with Crippen molar-refractivity contribution in [1.82, 2.24) is 14.9 Å². The van der Waals surface area contributed by atoms with Crippen LogP contribution in [0.15, 0.2) is 67.3 Å². The van der Waals surface area contributed by atoms with Crippen LogP contribution in [0.2, 0.25) is 0 Å². The summed E-state index contributed by atoms with van der Waals surface area (Å²) in [5, 5.41) is 2.73. The Balaban J connectivity index is 1.58. The first-order chi connectivity index (χ1) is 11.2. The molecule has 0 saturated carbocycles. The van der Waals surface area contributed by atoms with Crippen molar-refractivity contribution in [3.05, 3.63) is 89.8 Å². The molecule has 116 valence electrons. The molecule has 0 saturated heterocycles. The zero-order valence-electron chi connectivity index (χ0n) is 12.4. The number of carbonyl (C=O) groups excluding carboxylic acids is 1. The molecular formula is C18H16FN3O. The van der Waals surface area contributed by atoms with Crippen LogP contribution in [0.4, 0.5) is 4.39 Å². The van der Waals surface area contributed by atoms with Gasteiger partial charge in [0.25, 0.3) is 5.91 Å². The molecule has 0 atom stereocenters. The quantitative estimate of drug-likeness (QED) is 0.787. The van der Waals surface area contributed by atoms with Crippen LogP contribution in [0.1, 0.15) is 21.5 Å². The summed E-state index contributed by atoms with van der Waals surface area (Å²) in [4.78, 5) is 16.0. The van der Waals surface area contributed by atoms with Gasteiger partial charge in [-0.2, -0.15) is 0 Å². The third-order valence-corrected chi connectivity index (χ3v) is 3.52. The highest BCUT2D eigenvalue weighted by atomic mass is 19.1. The maximum Gasteiger partial charge on any atom is 0.254 e. The average Bonchev–Trinajstić information content (AvgIpc) is 3.07. The molecule has 0 unspecified atom stereocenters. The highest BCUT2D eigenvalue weighted by Crippen LogP contribution is 2.08. The Hall–Kier alpha value is -2.95. The third-order valence-electron chi connectivity index (χ3n) is 3.52. The fourth-order valence-corrected chi connectivity index (χ4v) is 2.28. The third kappa shape index (κ3) is 3.83. The molecular weight excluding hydrogens is 293 g/mol. The molecule has 0 aliphatic carbocycles. The molecule has 2 aromatic carbocycles. The van der Waals surface area contributed by atoms with E-state index in [1.54, 1.807) is 24.7 Å². The van der Waals surface area contributed by atoms with Gasteiger partial charge in [-0.15, -0.1) is 0 Å². The standard InChI is InChI=1S/C18H16FN3O/c19-17-4-2-1-3-16(17)18(23)21-11-14-5-7-15(8-6-14)12-22-10-9-20-13-22/h1-10,13H,11-12H2,(H,21,23). The minimum absolute atomic E-state index is 0.0595. The van der Waals surface area contributed by atoms with Crippen LogP contribution in [0.3, 0.4) is 0 Å². The molecule has 3 rings (SSSR count). The molecule has 0 aliphatic rings. The molecule has 5 heteroatoms. The molecule has 0 spiro atoms. The second-order valence-corrected chi connectivity index (χ2v) is 5.21. The van der Waals surface area contributed by atoms with Crippen LogP contribution >= 0.6 is 0 Å². The van der Waals surface area contributed by atoms with E-state index in [0.717, 1.165) is 17.7 Å². The van der Waals surface area contributed by atoms with Gasteiger partial charge in [-0.25, -0.2) is 9.37 Å². The second-order valence-electron chi connectivity index (χ2n) is 5.21. The summed E-state index contributed by atoms with van der Waals surface area (Å²) in [5.41, 5.74) is 2.17. The summed E-state index contributed by atoms with van der Waals surface area (Å²) in [6.07, 6.45) is 5.41. The van der Waals surface area contributed by atoms with Crippen molar-refractivity contribution in [2.45, 2.75) is 13.1 Å². The summed E-state index contributed by atoms with van der Waals surface area (Å²) < 4.78 is 15.5. The fourth-order valence-electron chi connectivity index (χ4n) is 2.28. The van der Waals surface area contributed by atoms with Crippen molar-refractivity contribution in [2.24, 2.45) is 0 Å². The van der Waals surface area contributed by atoms with Gasteiger partial charge in [0.05, 0.1) is 11.9 Å². The largest absolute Gasteiger partial charge is 0.348 e. The van der Waals surface area contributed by atoms with E-state index in [1.165, 1.54) is 12.1 Å². The van der Waals surface area contributed by atoms with E-state index in [1.807, 2.05) is 35.0 Å². The van der Waals surface area contributed by atoms with Gasteiger partial charge in [0.1, 0.15) is 5.82 Å². The molecule has 1 aromatic heterocycles. The molecule has 0 radical (unpaired) electrons. The summed E-state index contributed by atoms with van der Waals surface area (Å²) in [7, 11) is 0. The lowest BCUT2D eigenvalue weighted by atomic mass is 10.1. The van der Waals surface area contributed by atoms with Gasteiger partial charge < -0.3 is 9.88 Å². The summed E-state index contributed by atoms with van der Waals surface area (Å²) in [5.74, 6) is -0.925. The van der Waals surface area contributed by atoms with E-state index < -0.39 is 11.7 Å². The van der Waals surface area contributed by atoms with E-state index >= 15 is 0 Å². The van der Waals surface area contributed by atoms with Crippen molar-refractivity contribution in [1.29, 1.82) is 0 Å². The van der Waals surface area contributed by atoms with E-state index in [-0.39, 0.29) is 5.56 Å². The maximum absolute atomic E-state index is 13.5. The number of nitrogens with one attached hydrogen (secondary N) is 1. The van der Waals surface area contributed by atoms with Crippen LogP contribution in [0, 0.1) is 5.82 Å². The Morgan fingerprint density at radius 2 is 1.83 bits per heavy atom. The van der Waals surface area contributed by atoms with Crippen LogP contribution in [-0.2, 0) is 13.1 Å². The van der Waals surface area contributed by atoms with Gasteiger partial charge in [0, 0.05) is 25.5 Å². The van der Waals surface area contributed by atoms with E-state index in [4.69, 9.17) is 0 Å². The molecule has 1 amide bonds. The number of carbonyl (C=O) groups is 1. The second kappa shape index (κ2) is 6.87. The van der Waals surface area contributed by atoms with Gasteiger partial charge in [0.15, 0.2) is 0 Å². The number of hydrogen-bond acceptors (Lipinski definition) is 2. The predicted octanol–water partition coefficient (Wildman–Crippen LogP) is 3.00.